The number of nitrogens with zero attached hydrogens (tertiary/aromatic N) is 3. The van der Waals surface area contributed by atoms with E-state index in [1.165, 1.54) is 17.3 Å². The van der Waals surface area contributed by atoms with E-state index < -0.39 is 17.2 Å². The monoisotopic (exact) mass is 315 g/mol. The Kier molecular flexibility index (Phi) is 2.67. The van der Waals surface area contributed by atoms with Gasteiger partial charge in [-0.3, -0.25) is 0 Å². The van der Waals surface area contributed by atoms with Crippen molar-refractivity contribution in [3.8, 4) is 0 Å². The van der Waals surface area contributed by atoms with Gasteiger partial charge in [0.1, 0.15) is 29.9 Å². The number of benzene rings is 1. The van der Waals surface area contributed by atoms with Crippen LogP contribution >= 0.6 is 15.9 Å². The van der Waals surface area contributed by atoms with E-state index in [0.29, 0.717) is 13.2 Å². The van der Waals surface area contributed by atoms with Crippen LogP contribution in [-0.2, 0) is 16.9 Å². The molecule has 0 N–H and O–H groups in total. The van der Waals surface area contributed by atoms with E-state index >= 15 is 0 Å². The third kappa shape index (κ3) is 1.93. The van der Waals surface area contributed by atoms with Gasteiger partial charge in [-0.05, 0) is 28.1 Å². The maximum atomic E-state index is 13.9. The SMILES string of the molecule is Fc1cc(C2(Cn3cncn3)CO2)c(F)cc1Br. The van der Waals surface area contributed by atoms with Crippen molar-refractivity contribution in [1.29, 1.82) is 0 Å². The summed E-state index contributed by atoms with van der Waals surface area (Å²) in [7, 11) is 0. The van der Waals surface area contributed by atoms with Crippen molar-refractivity contribution in [1.82, 2.24) is 14.8 Å². The van der Waals surface area contributed by atoms with Crippen molar-refractivity contribution in [2.24, 2.45) is 0 Å². The van der Waals surface area contributed by atoms with Crippen molar-refractivity contribution in [3.05, 3.63) is 46.5 Å². The van der Waals surface area contributed by atoms with Crippen molar-refractivity contribution in [2.75, 3.05) is 6.61 Å². The highest BCUT2D eigenvalue weighted by Gasteiger charge is 2.49. The largest absolute Gasteiger partial charge is 0.362 e. The molecule has 0 saturated carbocycles. The maximum Gasteiger partial charge on any atom is 0.139 e. The van der Waals surface area contributed by atoms with E-state index in [4.69, 9.17) is 4.74 Å². The number of epoxide rings is 1. The lowest BCUT2D eigenvalue weighted by atomic mass is 9.99. The fourth-order valence-corrected chi connectivity index (χ4v) is 2.18. The fourth-order valence-electron chi connectivity index (χ4n) is 1.87. The van der Waals surface area contributed by atoms with Crippen LogP contribution in [0.3, 0.4) is 0 Å². The molecule has 18 heavy (non-hydrogen) atoms. The Morgan fingerprint density at radius 3 is 2.78 bits per heavy atom. The van der Waals surface area contributed by atoms with Crippen molar-refractivity contribution in [2.45, 2.75) is 12.1 Å². The van der Waals surface area contributed by atoms with Gasteiger partial charge in [0.05, 0.1) is 17.6 Å². The van der Waals surface area contributed by atoms with Crippen molar-refractivity contribution < 1.29 is 13.5 Å². The molecule has 0 amide bonds. The Hall–Kier alpha value is -1.34. The summed E-state index contributed by atoms with van der Waals surface area (Å²) >= 11 is 2.94. The van der Waals surface area contributed by atoms with E-state index in [1.54, 1.807) is 0 Å². The molecule has 94 valence electrons. The van der Waals surface area contributed by atoms with Gasteiger partial charge in [-0.1, -0.05) is 0 Å². The Morgan fingerprint density at radius 1 is 1.39 bits per heavy atom. The summed E-state index contributed by atoms with van der Waals surface area (Å²) in [6.45, 7) is 0.649. The molecule has 0 spiro atoms. The number of rotatable bonds is 3. The molecular formula is C11H8BrF2N3O. The highest BCUT2D eigenvalue weighted by atomic mass is 79.9. The van der Waals surface area contributed by atoms with Gasteiger partial charge in [0.15, 0.2) is 0 Å². The normalized spacial score (nSPS) is 22.2. The molecule has 1 fully saturated rings. The molecule has 1 aliphatic rings. The summed E-state index contributed by atoms with van der Waals surface area (Å²) in [5.41, 5.74) is -0.627. The molecule has 0 radical (unpaired) electrons. The number of aromatic nitrogens is 3. The molecule has 1 aliphatic heterocycles. The molecule has 7 heteroatoms. The lowest BCUT2D eigenvalue weighted by Crippen LogP contribution is -2.20. The zero-order valence-corrected chi connectivity index (χ0v) is 10.7. The molecular weight excluding hydrogens is 308 g/mol. The van der Waals surface area contributed by atoms with Gasteiger partial charge in [0, 0.05) is 5.56 Å². The van der Waals surface area contributed by atoms with Gasteiger partial charge in [0.2, 0.25) is 0 Å². The summed E-state index contributed by atoms with van der Waals surface area (Å²) in [6, 6.07) is 2.26. The minimum atomic E-state index is -0.834. The molecule has 0 bridgehead atoms. The van der Waals surface area contributed by atoms with Gasteiger partial charge in [-0.25, -0.2) is 18.4 Å². The topological polar surface area (TPSA) is 43.2 Å². The van der Waals surface area contributed by atoms with Crippen LogP contribution in [0.4, 0.5) is 8.78 Å². The first-order valence-electron chi connectivity index (χ1n) is 5.22. The molecule has 1 aromatic heterocycles. The molecule has 1 atom stereocenters. The summed E-state index contributed by atoms with van der Waals surface area (Å²) < 4.78 is 34.3. The maximum absolute atomic E-state index is 13.9. The van der Waals surface area contributed by atoms with Crippen LogP contribution in [0.25, 0.3) is 0 Å². The molecule has 2 aromatic rings. The Balaban J connectivity index is 1.97. The second kappa shape index (κ2) is 4.10. The van der Waals surface area contributed by atoms with Gasteiger partial charge in [-0.15, -0.1) is 0 Å². The minimum absolute atomic E-state index is 0.0975. The minimum Gasteiger partial charge on any atom is -0.362 e. The fraction of sp³-hybridized carbons (Fsp3) is 0.273. The average Bonchev–Trinajstić information content (AvgIpc) is 2.90. The summed E-state index contributed by atoms with van der Waals surface area (Å²) in [4.78, 5) is 3.80. The standard InChI is InChI=1S/C11H8BrF2N3O/c12-8-2-9(13)7(1-10(8)14)11(4-18-11)3-17-6-15-5-16-17/h1-2,5-6H,3-4H2. The van der Waals surface area contributed by atoms with E-state index in [0.717, 1.165) is 12.1 Å². The summed E-state index contributed by atoms with van der Waals surface area (Å²) in [5, 5.41) is 3.94. The number of hydrogen-bond donors (Lipinski definition) is 0. The van der Waals surface area contributed by atoms with Gasteiger partial charge in [-0.2, -0.15) is 5.10 Å². The van der Waals surface area contributed by atoms with Crippen LogP contribution in [0.2, 0.25) is 0 Å². The van der Waals surface area contributed by atoms with Crippen LogP contribution < -0.4 is 0 Å². The lowest BCUT2D eigenvalue weighted by molar-refractivity contribution is 0.261. The zero-order chi connectivity index (χ0) is 12.8. The highest BCUT2D eigenvalue weighted by molar-refractivity contribution is 9.10. The molecule has 4 nitrogen and oxygen atoms in total. The molecule has 2 heterocycles. The first-order chi connectivity index (χ1) is 8.61. The van der Waals surface area contributed by atoms with E-state index in [2.05, 4.69) is 26.0 Å². The molecule has 3 rings (SSSR count). The predicted octanol–water partition coefficient (Wildman–Crippen LogP) is 2.24. The molecule has 1 unspecified atom stereocenters. The first kappa shape index (κ1) is 11.7. The van der Waals surface area contributed by atoms with Gasteiger partial charge < -0.3 is 4.74 Å². The predicted molar refractivity (Wildman–Crippen MR) is 61.7 cm³/mol. The van der Waals surface area contributed by atoms with E-state index in [-0.39, 0.29) is 10.0 Å². The van der Waals surface area contributed by atoms with Gasteiger partial charge in [0.25, 0.3) is 0 Å². The lowest BCUT2D eigenvalue weighted by Gasteiger charge is -2.13. The number of hydrogen-bond acceptors (Lipinski definition) is 3. The third-order valence-electron chi connectivity index (χ3n) is 2.88. The number of halogens is 3. The Morgan fingerprint density at radius 2 is 2.17 bits per heavy atom. The van der Waals surface area contributed by atoms with Crippen LogP contribution in [0.15, 0.2) is 29.3 Å². The molecule has 1 aromatic carbocycles. The van der Waals surface area contributed by atoms with E-state index in [9.17, 15) is 8.78 Å². The third-order valence-corrected chi connectivity index (χ3v) is 3.49. The van der Waals surface area contributed by atoms with Gasteiger partial charge >= 0.3 is 0 Å². The Bertz CT molecular complexity index is 584. The van der Waals surface area contributed by atoms with Crippen LogP contribution in [0, 0.1) is 11.6 Å². The second-order valence-corrected chi connectivity index (χ2v) is 4.98. The number of ether oxygens (including phenoxy) is 1. The smallest absolute Gasteiger partial charge is 0.139 e. The highest BCUT2D eigenvalue weighted by Crippen LogP contribution is 2.42. The zero-order valence-electron chi connectivity index (χ0n) is 9.11. The first-order valence-corrected chi connectivity index (χ1v) is 6.01. The molecule has 0 aliphatic carbocycles. The van der Waals surface area contributed by atoms with Crippen LogP contribution in [0.5, 0.6) is 0 Å². The summed E-state index contributed by atoms with van der Waals surface area (Å²) in [6.07, 6.45) is 2.89. The Labute approximate surface area is 110 Å². The second-order valence-electron chi connectivity index (χ2n) is 4.12. The molecule has 1 saturated heterocycles. The quantitative estimate of drug-likeness (QED) is 0.644. The van der Waals surface area contributed by atoms with E-state index in [1.807, 2.05) is 0 Å². The van der Waals surface area contributed by atoms with Crippen molar-refractivity contribution in [3.63, 3.8) is 0 Å². The van der Waals surface area contributed by atoms with Crippen LogP contribution in [0.1, 0.15) is 5.56 Å². The average molecular weight is 316 g/mol. The summed E-state index contributed by atoms with van der Waals surface area (Å²) in [5.74, 6) is -1.01. The van der Waals surface area contributed by atoms with Crippen molar-refractivity contribution >= 4 is 15.9 Å². The van der Waals surface area contributed by atoms with Crippen LogP contribution in [-0.4, -0.2) is 21.4 Å².